The molecule has 0 bridgehead atoms. The summed E-state index contributed by atoms with van der Waals surface area (Å²) in [4.78, 5) is 0. The molecule has 0 amide bonds. The van der Waals surface area contributed by atoms with Gasteiger partial charge in [-0.05, 0) is 11.6 Å². The zero-order valence-electron chi connectivity index (χ0n) is 8.64. The van der Waals surface area contributed by atoms with Crippen LogP contribution in [-0.2, 0) is 4.74 Å². The zero-order valence-corrected chi connectivity index (χ0v) is 8.64. The summed E-state index contributed by atoms with van der Waals surface area (Å²) < 4.78 is 19.0. The van der Waals surface area contributed by atoms with Crippen molar-refractivity contribution in [1.82, 2.24) is 0 Å². The maximum absolute atomic E-state index is 13.5. The minimum absolute atomic E-state index is 0.0121. The summed E-state index contributed by atoms with van der Waals surface area (Å²) in [7, 11) is 0. The fourth-order valence-electron chi connectivity index (χ4n) is 1.95. The number of halogens is 1. The Morgan fingerprint density at radius 2 is 1.50 bits per heavy atom. The average Bonchev–Trinajstić information content (AvgIpc) is 3.11. The molecular formula is C14H11FO. The van der Waals surface area contributed by atoms with Gasteiger partial charge in [0.05, 0.1) is 0 Å². The first kappa shape index (κ1) is 9.55. The van der Waals surface area contributed by atoms with Gasteiger partial charge < -0.3 is 4.74 Å². The molecule has 0 spiro atoms. The van der Waals surface area contributed by atoms with Gasteiger partial charge in [-0.2, -0.15) is 0 Å². The van der Waals surface area contributed by atoms with E-state index < -0.39 is 0 Å². The minimum atomic E-state index is -0.189. The lowest BCUT2D eigenvalue weighted by Gasteiger charge is -1.98. The predicted molar refractivity (Wildman–Crippen MR) is 59.4 cm³/mol. The molecule has 0 aliphatic carbocycles. The first-order valence-electron chi connectivity index (χ1n) is 5.31. The third-order valence-electron chi connectivity index (χ3n) is 2.83. The molecule has 0 aromatic heterocycles. The molecule has 0 N–H and O–H groups in total. The number of hydrogen-bond donors (Lipinski definition) is 0. The largest absolute Gasteiger partial charge is 0.359 e. The van der Waals surface area contributed by atoms with Crippen molar-refractivity contribution >= 4 is 0 Å². The fraction of sp³-hybridized carbons (Fsp3) is 0.143. The molecule has 1 nitrogen and oxygen atoms in total. The first-order valence-corrected chi connectivity index (χ1v) is 5.31. The summed E-state index contributed by atoms with van der Waals surface area (Å²) >= 11 is 0. The Hall–Kier alpha value is -1.67. The van der Waals surface area contributed by atoms with Crippen LogP contribution >= 0.6 is 0 Å². The molecule has 2 aromatic rings. The van der Waals surface area contributed by atoms with Crippen molar-refractivity contribution in [2.24, 2.45) is 0 Å². The molecule has 80 valence electrons. The lowest BCUT2D eigenvalue weighted by Crippen LogP contribution is -1.88. The monoisotopic (exact) mass is 214 g/mol. The van der Waals surface area contributed by atoms with E-state index in [1.54, 1.807) is 12.1 Å². The summed E-state index contributed by atoms with van der Waals surface area (Å²) in [5.74, 6) is -0.189. The third-order valence-corrected chi connectivity index (χ3v) is 2.83. The molecule has 3 rings (SSSR count). The predicted octanol–water partition coefficient (Wildman–Crippen LogP) is 3.64. The lowest BCUT2D eigenvalue weighted by atomic mass is 10.0. The number of ether oxygens (including phenoxy) is 1. The van der Waals surface area contributed by atoms with E-state index in [0.717, 1.165) is 5.56 Å². The molecule has 16 heavy (non-hydrogen) atoms. The number of hydrogen-bond acceptors (Lipinski definition) is 1. The zero-order chi connectivity index (χ0) is 11.0. The molecule has 1 saturated heterocycles. The second kappa shape index (κ2) is 3.72. The molecule has 1 fully saturated rings. The highest BCUT2D eigenvalue weighted by atomic mass is 19.1. The van der Waals surface area contributed by atoms with Crippen LogP contribution in [0.25, 0.3) is 0 Å². The van der Waals surface area contributed by atoms with Crippen molar-refractivity contribution in [2.45, 2.75) is 12.2 Å². The quantitative estimate of drug-likeness (QED) is 0.695. The van der Waals surface area contributed by atoms with Crippen LogP contribution in [0.5, 0.6) is 0 Å². The van der Waals surface area contributed by atoms with Crippen LogP contribution in [0.1, 0.15) is 23.3 Å². The fourth-order valence-corrected chi connectivity index (χ4v) is 1.95. The molecule has 0 unspecified atom stereocenters. The van der Waals surface area contributed by atoms with Gasteiger partial charge in [-0.3, -0.25) is 0 Å². The van der Waals surface area contributed by atoms with Crippen LogP contribution in [0.2, 0.25) is 0 Å². The second-order valence-electron chi connectivity index (χ2n) is 3.91. The van der Waals surface area contributed by atoms with Crippen LogP contribution < -0.4 is 0 Å². The highest BCUT2D eigenvalue weighted by molar-refractivity contribution is 5.30. The van der Waals surface area contributed by atoms with Crippen molar-refractivity contribution in [3.8, 4) is 0 Å². The Morgan fingerprint density at radius 1 is 0.812 bits per heavy atom. The molecule has 0 saturated carbocycles. The molecule has 1 aliphatic heterocycles. The normalized spacial score (nSPS) is 23.1. The molecule has 1 heterocycles. The average molecular weight is 214 g/mol. The summed E-state index contributed by atoms with van der Waals surface area (Å²) in [5.41, 5.74) is 1.76. The van der Waals surface area contributed by atoms with Crippen molar-refractivity contribution in [3.63, 3.8) is 0 Å². The standard InChI is InChI=1S/C14H11FO/c15-12-9-5-4-8-11(12)14-13(16-14)10-6-2-1-3-7-10/h1-9,13-14H/t13-,14-/m1/s1. The van der Waals surface area contributed by atoms with Crippen LogP contribution in [0.4, 0.5) is 4.39 Å². The van der Waals surface area contributed by atoms with Crippen molar-refractivity contribution in [1.29, 1.82) is 0 Å². The van der Waals surface area contributed by atoms with Gasteiger partial charge in [-0.1, -0.05) is 48.5 Å². The Kier molecular flexibility index (Phi) is 2.22. The van der Waals surface area contributed by atoms with E-state index in [-0.39, 0.29) is 18.0 Å². The van der Waals surface area contributed by atoms with E-state index in [9.17, 15) is 4.39 Å². The number of epoxide rings is 1. The van der Waals surface area contributed by atoms with Gasteiger partial charge in [0.1, 0.15) is 18.0 Å². The maximum atomic E-state index is 13.5. The molecule has 2 aromatic carbocycles. The summed E-state index contributed by atoms with van der Waals surface area (Å²) in [6, 6.07) is 16.7. The van der Waals surface area contributed by atoms with Crippen molar-refractivity contribution in [2.75, 3.05) is 0 Å². The lowest BCUT2D eigenvalue weighted by molar-refractivity contribution is 0.373. The van der Waals surface area contributed by atoms with E-state index in [1.807, 2.05) is 36.4 Å². The topological polar surface area (TPSA) is 12.5 Å². The van der Waals surface area contributed by atoms with E-state index >= 15 is 0 Å². The van der Waals surface area contributed by atoms with E-state index in [4.69, 9.17) is 4.74 Å². The van der Waals surface area contributed by atoms with Crippen LogP contribution in [0.3, 0.4) is 0 Å². The molecule has 2 heteroatoms. The Balaban J connectivity index is 1.85. The third kappa shape index (κ3) is 1.61. The minimum Gasteiger partial charge on any atom is -0.359 e. The van der Waals surface area contributed by atoms with Gasteiger partial charge in [0.25, 0.3) is 0 Å². The molecular weight excluding hydrogens is 203 g/mol. The van der Waals surface area contributed by atoms with Gasteiger partial charge in [-0.15, -0.1) is 0 Å². The Bertz CT molecular complexity index is 495. The molecule has 2 atom stereocenters. The van der Waals surface area contributed by atoms with Gasteiger partial charge in [0.15, 0.2) is 0 Å². The van der Waals surface area contributed by atoms with E-state index in [2.05, 4.69) is 0 Å². The highest BCUT2D eigenvalue weighted by Gasteiger charge is 2.42. The van der Waals surface area contributed by atoms with E-state index in [1.165, 1.54) is 6.07 Å². The summed E-state index contributed by atoms with van der Waals surface area (Å²) in [6.07, 6.45) is -0.110. The Labute approximate surface area is 93.5 Å². The van der Waals surface area contributed by atoms with Crippen molar-refractivity contribution < 1.29 is 9.13 Å². The summed E-state index contributed by atoms with van der Waals surface area (Å²) in [5, 5.41) is 0. The van der Waals surface area contributed by atoms with Crippen LogP contribution in [0.15, 0.2) is 54.6 Å². The van der Waals surface area contributed by atoms with Crippen LogP contribution in [0, 0.1) is 5.82 Å². The van der Waals surface area contributed by atoms with Gasteiger partial charge >= 0.3 is 0 Å². The molecule has 0 radical (unpaired) electrons. The Morgan fingerprint density at radius 3 is 2.25 bits per heavy atom. The molecule has 1 aliphatic rings. The second-order valence-corrected chi connectivity index (χ2v) is 3.91. The first-order chi connectivity index (χ1) is 7.86. The number of benzene rings is 2. The van der Waals surface area contributed by atoms with E-state index in [0.29, 0.717) is 5.56 Å². The van der Waals surface area contributed by atoms with Crippen LogP contribution in [-0.4, -0.2) is 0 Å². The van der Waals surface area contributed by atoms with Gasteiger partial charge in [0, 0.05) is 5.56 Å². The van der Waals surface area contributed by atoms with Gasteiger partial charge in [-0.25, -0.2) is 4.39 Å². The smallest absolute Gasteiger partial charge is 0.129 e. The summed E-state index contributed by atoms with van der Waals surface area (Å²) in [6.45, 7) is 0. The number of rotatable bonds is 2. The maximum Gasteiger partial charge on any atom is 0.129 e. The SMILES string of the molecule is Fc1ccccc1[C@H]1O[C@@H]1c1ccccc1. The highest BCUT2D eigenvalue weighted by Crippen LogP contribution is 2.51. The van der Waals surface area contributed by atoms with Gasteiger partial charge in [0.2, 0.25) is 0 Å². The van der Waals surface area contributed by atoms with Crippen molar-refractivity contribution in [3.05, 3.63) is 71.5 Å².